The molecule has 80 valence electrons. The summed E-state index contributed by atoms with van der Waals surface area (Å²) >= 11 is 5.21. The molecule has 1 rings (SSSR count). The first-order valence-corrected chi connectivity index (χ1v) is 6.19. The van der Waals surface area contributed by atoms with Gasteiger partial charge in [-0.2, -0.15) is 5.26 Å². The predicted molar refractivity (Wildman–Crippen MR) is 63.9 cm³/mol. The molecule has 15 heavy (non-hydrogen) atoms. The van der Waals surface area contributed by atoms with E-state index in [4.69, 9.17) is 5.26 Å². The predicted octanol–water partition coefficient (Wildman–Crippen LogP) is 3.58. The Morgan fingerprint density at radius 2 is 2.27 bits per heavy atom. The number of halogens is 4. The van der Waals surface area contributed by atoms with Gasteiger partial charge in [-0.3, -0.25) is 4.98 Å². The molecule has 0 unspecified atom stereocenters. The van der Waals surface area contributed by atoms with Gasteiger partial charge >= 0.3 is 0 Å². The second-order valence-corrected chi connectivity index (χ2v) is 4.37. The lowest BCUT2D eigenvalue weighted by atomic mass is 10.1. The zero-order valence-electron chi connectivity index (χ0n) is 7.48. The minimum atomic E-state index is -2.63. The molecule has 1 aromatic heterocycles. The van der Waals surface area contributed by atoms with Gasteiger partial charge in [0.1, 0.15) is 5.69 Å². The monoisotopic (exact) mass is 386 g/mol. The summed E-state index contributed by atoms with van der Waals surface area (Å²) in [4.78, 5) is 3.69. The van der Waals surface area contributed by atoms with Crippen LogP contribution in [0.3, 0.4) is 0 Å². The van der Waals surface area contributed by atoms with Crippen LogP contribution in [0.15, 0.2) is 6.20 Å². The Balaban J connectivity index is 3.32. The molecule has 0 spiro atoms. The minimum absolute atomic E-state index is 0.0359. The van der Waals surface area contributed by atoms with Crippen molar-refractivity contribution < 1.29 is 8.78 Å². The number of alkyl halides is 3. The number of pyridine rings is 1. The van der Waals surface area contributed by atoms with Crippen LogP contribution in [0.5, 0.6) is 0 Å². The zero-order chi connectivity index (χ0) is 11.4. The maximum absolute atomic E-state index is 12.6. The minimum Gasteiger partial charge on any atom is -0.255 e. The molecule has 0 N–H and O–H groups in total. The van der Waals surface area contributed by atoms with Crippen LogP contribution in [0.1, 0.15) is 23.2 Å². The summed E-state index contributed by atoms with van der Waals surface area (Å²) in [5.41, 5.74) is 0.876. The van der Waals surface area contributed by atoms with Crippen molar-refractivity contribution in [2.75, 3.05) is 0 Å². The van der Waals surface area contributed by atoms with E-state index in [1.165, 1.54) is 6.20 Å². The summed E-state index contributed by atoms with van der Waals surface area (Å²) in [6.45, 7) is 0. The van der Waals surface area contributed by atoms with E-state index in [9.17, 15) is 8.78 Å². The van der Waals surface area contributed by atoms with E-state index in [-0.39, 0.29) is 12.1 Å². The van der Waals surface area contributed by atoms with Crippen molar-refractivity contribution in [3.05, 3.63) is 26.6 Å². The van der Waals surface area contributed by atoms with Crippen LogP contribution in [0.2, 0.25) is 0 Å². The molecule has 1 aromatic rings. The molecule has 0 radical (unpaired) electrons. The molecule has 0 aliphatic carbocycles. The number of rotatable bonds is 3. The second kappa shape index (κ2) is 5.70. The van der Waals surface area contributed by atoms with E-state index in [2.05, 4.69) is 20.9 Å². The molecule has 0 fully saturated rings. The van der Waals surface area contributed by atoms with Gasteiger partial charge in [0.2, 0.25) is 0 Å². The van der Waals surface area contributed by atoms with Crippen molar-refractivity contribution in [1.29, 1.82) is 5.26 Å². The average molecular weight is 387 g/mol. The van der Waals surface area contributed by atoms with Crippen LogP contribution in [0.4, 0.5) is 8.78 Å². The van der Waals surface area contributed by atoms with Crippen molar-refractivity contribution in [3.8, 4) is 6.07 Å². The largest absolute Gasteiger partial charge is 0.280 e. The third-order valence-corrected chi connectivity index (χ3v) is 3.77. The number of aromatic nitrogens is 1. The Kier molecular flexibility index (Phi) is 4.86. The van der Waals surface area contributed by atoms with E-state index in [1.54, 1.807) is 0 Å². The summed E-state index contributed by atoms with van der Waals surface area (Å²) in [6.07, 6.45) is -1.25. The molecule has 6 heteroatoms. The zero-order valence-corrected chi connectivity index (χ0v) is 11.2. The Morgan fingerprint density at radius 3 is 2.73 bits per heavy atom. The van der Waals surface area contributed by atoms with Gasteiger partial charge in [0.15, 0.2) is 0 Å². The molecule has 2 nitrogen and oxygen atoms in total. The van der Waals surface area contributed by atoms with Crippen molar-refractivity contribution in [1.82, 2.24) is 4.98 Å². The smallest absolute Gasteiger partial charge is 0.255 e. The number of nitriles is 1. The first-order chi connectivity index (χ1) is 7.11. The fraction of sp³-hybridized carbons (Fsp3) is 0.333. The highest BCUT2D eigenvalue weighted by atomic mass is 127. The highest BCUT2D eigenvalue weighted by Gasteiger charge is 2.18. The van der Waals surface area contributed by atoms with Gasteiger partial charge in [-0.05, 0) is 28.2 Å². The molecular weight excluding hydrogens is 381 g/mol. The fourth-order valence-corrected chi connectivity index (χ4v) is 2.86. The van der Waals surface area contributed by atoms with Crippen LogP contribution in [0.25, 0.3) is 0 Å². The maximum atomic E-state index is 12.6. The molecule has 0 aliphatic heterocycles. The van der Waals surface area contributed by atoms with E-state index in [1.807, 2.05) is 28.7 Å². The Labute approximate surface area is 108 Å². The van der Waals surface area contributed by atoms with Crippen LogP contribution >= 0.6 is 38.5 Å². The van der Waals surface area contributed by atoms with Gasteiger partial charge in [0.05, 0.1) is 12.5 Å². The fourth-order valence-electron chi connectivity index (χ4n) is 1.12. The quantitative estimate of drug-likeness (QED) is 0.588. The van der Waals surface area contributed by atoms with Gasteiger partial charge in [0.25, 0.3) is 6.43 Å². The summed E-state index contributed by atoms with van der Waals surface area (Å²) in [7, 11) is 0. The number of hydrogen-bond acceptors (Lipinski definition) is 2. The van der Waals surface area contributed by atoms with Crippen molar-refractivity contribution in [3.63, 3.8) is 0 Å². The molecule has 0 aliphatic rings. The Bertz CT molecular complexity index is 404. The summed E-state index contributed by atoms with van der Waals surface area (Å²) in [6, 6.07) is 1.88. The summed E-state index contributed by atoms with van der Waals surface area (Å²) in [5.74, 6) is 0. The number of hydrogen-bond donors (Lipinski definition) is 0. The van der Waals surface area contributed by atoms with Crippen molar-refractivity contribution in [2.24, 2.45) is 0 Å². The SMILES string of the molecule is N#CCc1c(C(F)F)ncc(CBr)c1I. The topological polar surface area (TPSA) is 36.7 Å². The first kappa shape index (κ1) is 12.8. The Morgan fingerprint density at radius 1 is 1.60 bits per heavy atom. The van der Waals surface area contributed by atoms with Crippen LogP contribution < -0.4 is 0 Å². The number of nitrogens with zero attached hydrogens (tertiary/aromatic N) is 2. The standard InChI is InChI=1S/C9H6BrF2IN2/c10-3-5-4-15-8(9(11)12)6(1-2-14)7(5)13/h4,9H,1,3H2. The third-order valence-electron chi connectivity index (χ3n) is 1.82. The van der Waals surface area contributed by atoms with Crippen molar-refractivity contribution >= 4 is 38.5 Å². The highest BCUT2D eigenvalue weighted by molar-refractivity contribution is 14.1. The molecule has 0 saturated heterocycles. The van der Waals surface area contributed by atoms with Crippen LogP contribution in [0, 0.1) is 14.9 Å². The molecule has 0 atom stereocenters. The van der Waals surface area contributed by atoms with Gasteiger partial charge in [0, 0.05) is 20.7 Å². The summed E-state index contributed by atoms with van der Waals surface area (Å²) < 4.78 is 25.9. The van der Waals surface area contributed by atoms with Crippen LogP contribution in [-0.4, -0.2) is 4.98 Å². The van der Waals surface area contributed by atoms with Crippen molar-refractivity contribution in [2.45, 2.75) is 18.2 Å². The van der Waals surface area contributed by atoms with E-state index in [0.29, 0.717) is 14.5 Å². The third kappa shape index (κ3) is 2.84. The van der Waals surface area contributed by atoms with Gasteiger partial charge in [-0.1, -0.05) is 15.9 Å². The van der Waals surface area contributed by atoms with E-state index < -0.39 is 6.43 Å². The highest BCUT2D eigenvalue weighted by Crippen LogP contribution is 2.27. The van der Waals surface area contributed by atoms with Gasteiger partial charge in [-0.25, -0.2) is 8.78 Å². The lowest BCUT2D eigenvalue weighted by Gasteiger charge is -2.10. The molecule has 1 heterocycles. The average Bonchev–Trinajstić information content (AvgIpc) is 2.20. The summed E-state index contributed by atoms with van der Waals surface area (Å²) in [5, 5.41) is 9.12. The first-order valence-electron chi connectivity index (χ1n) is 3.99. The van der Waals surface area contributed by atoms with Crippen LogP contribution in [-0.2, 0) is 11.8 Å². The maximum Gasteiger partial charge on any atom is 0.280 e. The molecule has 0 aromatic carbocycles. The van der Waals surface area contributed by atoms with Gasteiger partial charge < -0.3 is 0 Å². The lowest BCUT2D eigenvalue weighted by Crippen LogP contribution is -2.03. The van der Waals surface area contributed by atoms with E-state index in [0.717, 1.165) is 5.56 Å². The Hall–Kier alpha value is -0.290. The molecule has 0 saturated carbocycles. The molecular formula is C9H6BrF2IN2. The molecule has 0 amide bonds. The lowest BCUT2D eigenvalue weighted by molar-refractivity contribution is 0.145. The van der Waals surface area contributed by atoms with E-state index >= 15 is 0 Å². The normalized spacial score (nSPS) is 10.4. The molecule has 0 bridgehead atoms. The second-order valence-electron chi connectivity index (χ2n) is 2.73. The van der Waals surface area contributed by atoms with Gasteiger partial charge in [-0.15, -0.1) is 0 Å².